The summed E-state index contributed by atoms with van der Waals surface area (Å²) in [6.07, 6.45) is 0. The minimum absolute atomic E-state index is 1.28. The van der Waals surface area contributed by atoms with Gasteiger partial charge in [0.2, 0.25) is 0 Å². The standard InChI is InChI=1S/C20H18.2C14H14.C10H14.3C8H10/c1-15-13-20(18-11-7-4-8-12-18)16(2)14-19(15)17-9-5-3-6-10-17;1-11-3-7-13(8-4-11)14-9-5-12(2)6-10-14;1-11-6-8-13(9-7-11)14-5-3-4-12(2)10-14;1-7-5-9(3)10(4)6-8(7)2;1-7-3-5-8(2)6-4-7;1-7-4-3-5-8(2)6-7;1-7-5-3-4-6-8(7)2/h3-14H,1-2H3;2*3-10H,1-2H3;5-6H,1-4H3;3*3-6H,1-2H3. The fourth-order valence-electron chi connectivity index (χ4n) is 8.95. The maximum atomic E-state index is 2.30. The molecule has 0 aromatic heterocycles. The van der Waals surface area contributed by atoms with Crippen LogP contribution in [0, 0.1) is 111 Å². The number of hydrogen-bond acceptors (Lipinski definition) is 0. The highest BCUT2D eigenvalue weighted by Gasteiger charge is 2.08. The second-order valence-electron chi connectivity index (χ2n) is 22.1. The highest BCUT2D eigenvalue weighted by atomic mass is 14.1. The Morgan fingerprint density at radius 1 is 0.134 bits per heavy atom. The lowest BCUT2D eigenvalue weighted by molar-refractivity contribution is 1.24. The first-order chi connectivity index (χ1) is 39.3. The van der Waals surface area contributed by atoms with Gasteiger partial charge in [-0.15, -0.1) is 0 Å². The zero-order chi connectivity index (χ0) is 59.6. The summed E-state index contributed by atoms with van der Waals surface area (Å²) in [4.78, 5) is 0. The monoisotopic (exact) mass is 1070 g/mol. The van der Waals surface area contributed by atoms with Crippen LogP contribution in [-0.2, 0) is 0 Å². The van der Waals surface area contributed by atoms with Crippen LogP contribution >= 0.6 is 0 Å². The number of hydrogen-bond donors (Lipinski definition) is 0. The maximum Gasteiger partial charge on any atom is -0.0152 e. The first-order valence-corrected chi connectivity index (χ1v) is 28.9. The van der Waals surface area contributed by atoms with Crippen LogP contribution in [0.25, 0.3) is 44.5 Å². The van der Waals surface area contributed by atoms with E-state index in [-0.39, 0.29) is 0 Å². The molecule has 0 aliphatic heterocycles. The second kappa shape index (κ2) is 33.2. The summed E-state index contributed by atoms with van der Waals surface area (Å²) in [7, 11) is 0. The topological polar surface area (TPSA) is 0 Å². The molecule has 0 unspecified atom stereocenters. The molecule has 0 spiro atoms. The highest BCUT2D eigenvalue weighted by molar-refractivity contribution is 5.76. The van der Waals surface area contributed by atoms with E-state index in [2.05, 4.69) is 366 Å². The SMILES string of the molecule is Cc1cc(-c2ccccc2)c(C)cc1-c1ccccc1.Cc1cc(C)c(C)cc1C.Cc1ccc(-c2ccc(C)cc2)cc1.Cc1ccc(-c2cccc(C)c2)cc1.Cc1ccc(C)cc1.Cc1cccc(C)c1.Cc1ccccc1C. The first-order valence-electron chi connectivity index (χ1n) is 28.9. The van der Waals surface area contributed by atoms with E-state index >= 15 is 0 Å². The normalized spacial score (nSPS) is 9.95. The highest BCUT2D eigenvalue weighted by Crippen LogP contribution is 2.32. The molecule has 0 heteroatoms. The Morgan fingerprint density at radius 3 is 0.671 bits per heavy atom. The van der Waals surface area contributed by atoms with E-state index in [1.807, 2.05) is 0 Å². The van der Waals surface area contributed by atoms with Crippen LogP contribution in [0.4, 0.5) is 0 Å². The summed E-state index contributed by atoms with van der Waals surface area (Å²) in [6.45, 7) is 34.1. The molecule has 418 valence electrons. The molecular weight excluding hydrogens is 985 g/mol. The van der Waals surface area contributed by atoms with E-state index in [1.165, 1.54) is 134 Å². The van der Waals surface area contributed by atoms with Gasteiger partial charge in [0, 0.05) is 0 Å². The van der Waals surface area contributed by atoms with Crippen LogP contribution in [0.2, 0.25) is 0 Å². The largest absolute Gasteiger partial charge is 0.0622 e. The summed E-state index contributed by atoms with van der Waals surface area (Å²) in [6, 6.07) is 90.0. The quantitative estimate of drug-likeness (QED) is 0.165. The van der Waals surface area contributed by atoms with Crippen molar-refractivity contribution in [3.63, 3.8) is 0 Å². The van der Waals surface area contributed by atoms with Gasteiger partial charge >= 0.3 is 0 Å². The molecule has 0 aliphatic carbocycles. The van der Waals surface area contributed by atoms with Crippen LogP contribution in [0.1, 0.15) is 89.0 Å². The Morgan fingerprint density at radius 2 is 0.390 bits per heavy atom. The van der Waals surface area contributed by atoms with Gasteiger partial charge in [0.25, 0.3) is 0 Å². The molecular formula is C82H90. The van der Waals surface area contributed by atoms with Crippen molar-refractivity contribution in [1.29, 1.82) is 0 Å². The molecule has 0 atom stereocenters. The van der Waals surface area contributed by atoms with Crippen LogP contribution in [0.15, 0.2) is 255 Å². The minimum atomic E-state index is 1.28. The van der Waals surface area contributed by atoms with Crippen LogP contribution in [0.3, 0.4) is 0 Å². The molecule has 82 heavy (non-hydrogen) atoms. The Bertz CT molecular complexity index is 3400. The zero-order valence-electron chi connectivity index (χ0n) is 52.2. The van der Waals surface area contributed by atoms with E-state index in [0.717, 1.165) is 0 Å². The van der Waals surface area contributed by atoms with Gasteiger partial charge in [-0.2, -0.15) is 0 Å². The Balaban J connectivity index is 0.000000180. The average molecular weight is 1080 g/mol. The van der Waals surface area contributed by atoms with Crippen molar-refractivity contribution in [3.8, 4) is 44.5 Å². The van der Waals surface area contributed by atoms with E-state index in [9.17, 15) is 0 Å². The van der Waals surface area contributed by atoms with E-state index in [0.29, 0.717) is 0 Å². The molecule has 0 heterocycles. The van der Waals surface area contributed by atoms with Crippen molar-refractivity contribution in [2.75, 3.05) is 0 Å². The van der Waals surface area contributed by atoms with Crippen molar-refractivity contribution in [2.45, 2.75) is 111 Å². The molecule has 0 aliphatic rings. The molecule has 0 radical (unpaired) electrons. The van der Waals surface area contributed by atoms with Crippen LogP contribution < -0.4 is 0 Å². The molecule has 0 bridgehead atoms. The summed E-state index contributed by atoms with van der Waals surface area (Å²) >= 11 is 0. The number of aryl methyl sites for hydroxylation is 16. The van der Waals surface area contributed by atoms with Crippen LogP contribution in [-0.4, -0.2) is 0 Å². The van der Waals surface area contributed by atoms with Crippen LogP contribution in [0.5, 0.6) is 0 Å². The molecule has 0 fully saturated rings. The Kier molecular flexibility index (Phi) is 26.0. The Labute approximate surface area is 496 Å². The summed E-state index contributed by atoms with van der Waals surface area (Å²) in [5, 5.41) is 0. The van der Waals surface area contributed by atoms with Gasteiger partial charge in [-0.1, -0.05) is 299 Å². The van der Waals surface area contributed by atoms with Crippen molar-refractivity contribution >= 4 is 0 Å². The van der Waals surface area contributed by atoms with Gasteiger partial charge in [0.15, 0.2) is 0 Å². The summed E-state index contributed by atoms with van der Waals surface area (Å²) in [5.41, 5.74) is 31.9. The van der Waals surface area contributed by atoms with Gasteiger partial charge in [-0.25, -0.2) is 0 Å². The predicted octanol–water partition coefficient (Wildman–Crippen LogP) is 23.4. The van der Waals surface area contributed by atoms with Gasteiger partial charge < -0.3 is 0 Å². The summed E-state index contributed by atoms with van der Waals surface area (Å²) in [5.74, 6) is 0. The first kappa shape index (κ1) is 64.2. The molecule has 0 amide bonds. The molecule has 11 aromatic rings. The molecule has 11 aromatic carbocycles. The third kappa shape index (κ3) is 22.2. The van der Waals surface area contributed by atoms with Gasteiger partial charge in [0.1, 0.15) is 0 Å². The Hall–Kier alpha value is -8.58. The average Bonchev–Trinajstić information content (AvgIpc) is 3.59. The van der Waals surface area contributed by atoms with Gasteiger partial charge in [0.05, 0.1) is 0 Å². The molecule has 0 saturated heterocycles. The third-order valence-electron chi connectivity index (χ3n) is 14.5. The fraction of sp³-hybridized carbons (Fsp3) is 0.195. The van der Waals surface area contributed by atoms with Gasteiger partial charge in [-0.3, -0.25) is 0 Å². The smallest absolute Gasteiger partial charge is 0.0152 e. The van der Waals surface area contributed by atoms with Crippen molar-refractivity contribution < 1.29 is 0 Å². The third-order valence-corrected chi connectivity index (χ3v) is 14.5. The molecule has 0 saturated carbocycles. The fourth-order valence-corrected chi connectivity index (χ4v) is 8.95. The molecule has 11 rings (SSSR count). The lowest BCUT2D eigenvalue weighted by Crippen LogP contribution is -1.89. The van der Waals surface area contributed by atoms with E-state index < -0.39 is 0 Å². The minimum Gasteiger partial charge on any atom is -0.0622 e. The second-order valence-corrected chi connectivity index (χ2v) is 22.1. The van der Waals surface area contributed by atoms with Gasteiger partial charge in [-0.05, 0) is 200 Å². The maximum absolute atomic E-state index is 2.30. The van der Waals surface area contributed by atoms with E-state index in [1.54, 1.807) is 0 Å². The molecule has 0 N–H and O–H groups in total. The molecule has 0 nitrogen and oxygen atoms in total. The van der Waals surface area contributed by atoms with Crippen molar-refractivity contribution in [1.82, 2.24) is 0 Å². The summed E-state index contributed by atoms with van der Waals surface area (Å²) < 4.78 is 0. The lowest BCUT2D eigenvalue weighted by atomic mass is 9.92. The number of rotatable bonds is 4. The number of benzene rings is 11. The zero-order valence-corrected chi connectivity index (χ0v) is 52.2. The van der Waals surface area contributed by atoms with E-state index in [4.69, 9.17) is 0 Å². The lowest BCUT2D eigenvalue weighted by Gasteiger charge is -2.13. The predicted molar refractivity (Wildman–Crippen MR) is 363 cm³/mol. The van der Waals surface area contributed by atoms with Crippen molar-refractivity contribution in [3.05, 3.63) is 344 Å². The van der Waals surface area contributed by atoms with Crippen molar-refractivity contribution in [2.24, 2.45) is 0 Å².